The summed E-state index contributed by atoms with van der Waals surface area (Å²) in [4.78, 5) is 49.6. The predicted molar refractivity (Wildman–Crippen MR) is 167 cm³/mol. The normalized spacial score (nSPS) is 12.5. The topological polar surface area (TPSA) is 153 Å². The second kappa shape index (κ2) is 15.0. The first-order valence-electron chi connectivity index (χ1n) is 14.2. The third-order valence-corrected chi connectivity index (χ3v) is 7.58. The van der Waals surface area contributed by atoms with E-state index in [1.165, 1.54) is 66.7 Å². The second-order valence-electron chi connectivity index (χ2n) is 10.7. The van der Waals surface area contributed by atoms with Gasteiger partial charge in [0.2, 0.25) is 5.91 Å². The number of nitrogens with one attached hydrogen (secondary N) is 2. The number of rotatable bonds is 12. The summed E-state index contributed by atoms with van der Waals surface area (Å²) in [7, 11) is 0. The van der Waals surface area contributed by atoms with Gasteiger partial charge in [0.1, 0.15) is 23.7 Å². The smallest absolute Gasteiger partial charge is 0.416 e. The number of alkyl halides is 3. The van der Waals surface area contributed by atoms with E-state index in [0.717, 1.165) is 18.2 Å². The van der Waals surface area contributed by atoms with E-state index in [0.29, 0.717) is 22.3 Å². The minimum atomic E-state index is -4.55. The first kappa shape index (κ1) is 35.4. The van der Waals surface area contributed by atoms with Crippen molar-refractivity contribution in [1.29, 1.82) is 0 Å². The zero-order valence-electron chi connectivity index (χ0n) is 24.7. The summed E-state index contributed by atoms with van der Waals surface area (Å²) in [5, 5.41) is 33.5. The maximum atomic E-state index is 13.7. The lowest BCUT2D eigenvalue weighted by Crippen LogP contribution is -2.52. The molecule has 0 saturated heterocycles. The fourth-order valence-electron chi connectivity index (χ4n) is 4.76. The number of carbonyl (C=O) groups excluding carboxylic acids is 2. The van der Waals surface area contributed by atoms with Crippen LogP contribution in [-0.2, 0) is 27.0 Å². The van der Waals surface area contributed by atoms with Gasteiger partial charge in [-0.25, -0.2) is 9.18 Å². The van der Waals surface area contributed by atoms with E-state index in [4.69, 9.17) is 16.7 Å². The van der Waals surface area contributed by atoms with E-state index in [1.807, 2.05) is 0 Å². The van der Waals surface area contributed by atoms with E-state index >= 15 is 0 Å². The molecule has 0 unspecified atom stereocenters. The van der Waals surface area contributed by atoms with Crippen LogP contribution in [0, 0.1) is 5.82 Å². The number of phenolic OH excluding ortho intramolecular Hbond substituents is 1. The molecule has 0 heterocycles. The Morgan fingerprint density at radius 2 is 1.40 bits per heavy atom. The van der Waals surface area contributed by atoms with Crippen LogP contribution < -0.4 is 10.6 Å². The molecule has 0 radical (unpaired) electrons. The maximum absolute atomic E-state index is 13.7. The lowest BCUT2D eigenvalue weighted by molar-refractivity contribution is -0.143. The van der Waals surface area contributed by atoms with Gasteiger partial charge in [0.15, 0.2) is 0 Å². The van der Waals surface area contributed by atoms with Crippen molar-refractivity contribution in [2.45, 2.75) is 37.5 Å². The van der Waals surface area contributed by atoms with Crippen molar-refractivity contribution in [3.8, 4) is 28.0 Å². The molecule has 5 N–H and O–H groups in total. The number of benzene rings is 4. The lowest BCUT2D eigenvalue weighted by atomic mass is 9.98. The number of hydrogen-bond donors (Lipinski definition) is 5. The third kappa shape index (κ3) is 9.10. The van der Waals surface area contributed by atoms with Gasteiger partial charge in [-0.05, 0) is 70.6 Å². The molecule has 4 aromatic rings. The minimum Gasteiger partial charge on any atom is -0.507 e. The van der Waals surface area contributed by atoms with Crippen LogP contribution >= 0.6 is 11.6 Å². The molecular weight excluding hydrogens is 660 g/mol. The first-order valence-corrected chi connectivity index (χ1v) is 14.6. The highest BCUT2D eigenvalue weighted by atomic mass is 35.5. The Bertz CT molecular complexity index is 1850. The number of hydrogen-bond acceptors (Lipinski definition) is 5. The summed E-state index contributed by atoms with van der Waals surface area (Å²) < 4.78 is 53.3. The summed E-state index contributed by atoms with van der Waals surface area (Å²) in [6.45, 7) is 0. The molecule has 2 atom stereocenters. The highest BCUT2D eigenvalue weighted by Gasteiger charge is 2.31. The van der Waals surface area contributed by atoms with Gasteiger partial charge in [-0.3, -0.25) is 14.4 Å². The molecule has 0 aromatic heterocycles. The van der Waals surface area contributed by atoms with Crippen LogP contribution in [0.4, 0.5) is 17.6 Å². The molecule has 9 nitrogen and oxygen atoms in total. The second-order valence-corrected chi connectivity index (χ2v) is 11.1. The Morgan fingerprint density at radius 1 is 0.771 bits per heavy atom. The van der Waals surface area contributed by atoms with Crippen molar-refractivity contribution >= 4 is 35.4 Å². The summed E-state index contributed by atoms with van der Waals surface area (Å²) in [5.41, 5.74) is 0.777. The predicted octanol–water partition coefficient (Wildman–Crippen LogP) is 6.31. The van der Waals surface area contributed by atoms with Crippen molar-refractivity contribution in [2.24, 2.45) is 0 Å². The highest BCUT2D eigenvalue weighted by Crippen LogP contribution is 2.33. The average Bonchev–Trinajstić information content (AvgIpc) is 3.04. The van der Waals surface area contributed by atoms with Gasteiger partial charge in [0.05, 0.1) is 16.1 Å². The van der Waals surface area contributed by atoms with E-state index in [-0.39, 0.29) is 22.6 Å². The molecule has 4 aromatic carbocycles. The number of carboxylic acid groups (broad SMARTS) is 2. The van der Waals surface area contributed by atoms with Crippen LogP contribution in [0.25, 0.3) is 22.3 Å². The summed E-state index contributed by atoms with van der Waals surface area (Å²) >= 11 is 5.88. The van der Waals surface area contributed by atoms with Gasteiger partial charge < -0.3 is 26.0 Å². The molecule has 4 rings (SSSR count). The molecule has 0 aliphatic rings. The highest BCUT2D eigenvalue weighted by molar-refractivity contribution is 6.31. The van der Waals surface area contributed by atoms with Crippen molar-refractivity contribution < 1.29 is 52.1 Å². The fraction of sp³-hybridized carbons (Fsp3) is 0.176. The Hall–Kier alpha value is -5.43. The van der Waals surface area contributed by atoms with Crippen LogP contribution in [0.5, 0.6) is 5.75 Å². The summed E-state index contributed by atoms with van der Waals surface area (Å²) in [6, 6.07) is 15.4. The first-order chi connectivity index (χ1) is 22.6. The van der Waals surface area contributed by atoms with E-state index in [9.17, 15) is 47.0 Å². The van der Waals surface area contributed by atoms with Gasteiger partial charge in [-0.1, -0.05) is 60.1 Å². The number of phenols is 1. The monoisotopic (exact) mass is 686 g/mol. The Balaban J connectivity index is 1.62. The quantitative estimate of drug-likeness (QED) is 0.110. The molecule has 0 bridgehead atoms. The van der Waals surface area contributed by atoms with Crippen LogP contribution in [0.15, 0.2) is 84.9 Å². The Morgan fingerprint density at radius 3 is 2.02 bits per heavy atom. The van der Waals surface area contributed by atoms with Crippen molar-refractivity contribution in [2.75, 3.05) is 0 Å². The number of aromatic hydroxyl groups is 1. The molecule has 0 aliphatic carbocycles. The number of halogens is 5. The number of carboxylic acids is 2. The minimum absolute atomic E-state index is 0.182. The van der Waals surface area contributed by atoms with E-state index < -0.39 is 72.0 Å². The number of aliphatic carboxylic acids is 2. The summed E-state index contributed by atoms with van der Waals surface area (Å²) in [5.74, 6) is -5.87. The molecular formula is C34H27ClF4N2O7. The molecule has 14 heteroatoms. The maximum Gasteiger partial charge on any atom is 0.416 e. The zero-order chi connectivity index (χ0) is 35.2. The van der Waals surface area contributed by atoms with Gasteiger partial charge in [0, 0.05) is 12.8 Å². The molecule has 0 fully saturated rings. The largest absolute Gasteiger partial charge is 0.507 e. The number of carbonyl (C=O) groups is 4. The standard InChI is InChI=1S/C34H27ClF4N2O7/c35-25-17-22(8-10-26(25)36)21-9-12-29(42)24(16-21)31(45)41-28(32(46)40-27(33(47)48)11-13-30(43)44)14-18-4-6-19(7-5-18)20-2-1-3-23(15-20)34(37,38)39/h1-10,12,15-17,27-28,42H,11,13-14H2,(H,40,46)(H,41,45)(H,43,44)(H,47,48)/t27-,28-/m0/s1. The molecule has 0 spiro atoms. The van der Waals surface area contributed by atoms with Crippen molar-refractivity contribution in [3.05, 3.63) is 112 Å². The van der Waals surface area contributed by atoms with E-state index in [1.54, 1.807) is 0 Å². The SMILES string of the molecule is O=C(O)CC[C@H](NC(=O)[C@H](Cc1ccc(-c2cccc(C(F)(F)F)c2)cc1)NC(=O)c1cc(-c2ccc(F)c(Cl)c2)ccc1O)C(=O)O. The number of amides is 2. The van der Waals surface area contributed by atoms with Gasteiger partial charge in [0.25, 0.3) is 5.91 Å². The van der Waals surface area contributed by atoms with Crippen LogP contribution in [0.2, 0.25) is 5.02 Å². The van der Waals surface area contributed by atoms with Crippen molar-refractivity contribution in [3.63, 3.8) is 0 Å². The Labute approximate surface area is 275 Å². The third-order valence-electron chi connectivity index (χ3n) is 7.29. The van der Waals surface area contributed by atoms with Crippen LogP contribution in [-0.4, -0.2) is 51.2 Å². The van der Waals surface area contributed by atoms with Gasteiger partial charge in [-0.15, -0.1) is 0 Å². The molecule has 0 saturated carbocycles. The Kier molecular flexibility index (Phi) is 11.1. The summed E-state index contributed by atoms with van der Waals surface area (Å²) in [6.07, 6.45) is -5.81. The molecule has 2 amide bonds. The van der Waals surface area contributed by atoms with Crippen molar-refractivity contribution in [1.82, 2.24) is 10.6 Å². The van der Waals surface area contributed by atoms with Crippen LogP contribution in [0.3, 0.4) is 0 Å². The van der Waals surface area contributed by atoms with Gasteiger partial charge in [-0.2, -0.15) is 13.2 Å². The van der Waals surface area contributed by atoms with E-state index in [2.05, 4.69) is 10.6 Å². The fourth-order valence-corrected chi connectivity index (χ4v) is 4.94. The molecule has 48 heavy (non-hydrogen) atoms. The zero-order valence-corrected chi connectivity index (χ0v) is 25.5. The van der Waals surface area contributed by atoms with Gasteiger partial charge >= 0.3 is 18.1 Å². The lowest BCUT2D eigenvalue weighted by Gasteiger charge is -2.22. The van der Waals surface area contributed by atoms with Crippen LogP contribution in [0.1, 0.15) is 34.3 Å². The molecule has 250 valence electrons. The molecule has 0 aliphatic heterocycles. The average molecular weight is 687 g/mol.